The smallest absolute Gasteiger partial charge is 0.000815 e. The van der Waals surface area contributed by atoms with E-state index >= 15 is 0 Å². The minimum Gasteiger partial charge on any atom is -0.317 e. The van der Waals surface area contributed by atoms with Crippen molar-refractivity contribution in [3.8, 4) is 0 Å². The molecule has 0 spiro atoms. The van der Waals surface area contributed by atoms with E-state index in [-0.39, 0.29) is 0 Å². The zero-order valence-corrected chi connectivity index (χ0v) is 9.81. The first kappa shape index (κ1) is 12.0. The van der Waals surface area contributed by atoms with E-state index in [4.69, 9.17) is 0 Å². The summed E-state index contributed by atoms with van der Waals surface area (Å²) in [6.07, 6.45) is 5.56. The van der Waals surface area contributed by atoms with Crippen molar-refractivity contribution in [1.29, 1.82) is 0 Å². The van der Waals surface area contributed by atoms with Gasteiger partial charge in [0, 0.05) is 0 Å². The van der Waals surface area contributed by atoms with Crippen LogP contribution in [0.5, 0.6) is 0 Å². The quantitative estimate of drug-likeness (QED) is 0.709. The molecule has 2 aliphatic rings. The highest BCUT2D eigenvalue weighted by Gasteiger charge is 2.22. The maximum atomic E-state index is 3.41. The summed E-state index contributed by atoms with van der Waals surface area (Å²) in [5.74, 6) is 2.04. The molecule has 2 fully saturated rings. The number of nitrogens with one attached hydrogen (secondary N) is 2. The Kier molecular flexibility index (Phi) is 6.20. The lowest BCUT2D eigenvalue weighted by molar-refractivity contribution is 0.241. The van der Waals surface area contributed by atoms with Gasteiger partial charge in [-0.3, -0.25) is 0 Å². The van der Waals surface area contributed by atoms with Crippen molar-refractivity contribution in [2.45, 2.75) is 39.5 Å². The van der Waals surface area contributed by atoms with Crippen LogP contribution < -0.4 is 10.6 Å². The molecule has 2 aliphatic heterocycles. The maximum absolute atomic E-state index is 3.41. The lowest BCUT2D eigenvalue weighted by Crippen LogP contribution is -2.43. The van der Waals surface area contributed by atoms with Gasteiger partial charge >= 0.3 is 0 Å². The molecule has 2 nitrogen and oxygen atoms in total. The Hall–Kier alpha value is -0.0800. The predicted molar refractivity (Wildman–Crippen MR) is 62.5 cm³/mol. The molecule has 2 heterocycles. The Bertz CT molecular complexity index is 126. The van der Waals surface area contributed by atoms with Gasteiger partial charge < -0.3 is 10.6 Å². The summed E-state index contributed by atoms with van der Waals surface area (Å²) in [5, 5.41) is 6.74. The van der Waals surface area contributed by atoms with Crippen molar-refractivity contribution in [2.24, 2.45) is 11.8 Å². The summed E-state index contributed by atoms with van der Waals surface area (Å²) >= 11 is 0. The first-order valence-corrected chi connectivity index (χ1v) is 6.28. The monoisotopic (exact) mass is 198 g/mol. The van der Waals surface area contributed by atoms with Crippen molar-refractivity contribution in [1.82, 2.24) is 10.6 Å². The third-order valence-electron chi connectivity index (χ3n) is 2.99. The van der Waals surface area contributed by atoms with Crippen LogP contribution in [0, 0.1) is 11.8 Å². The highest BCUT2D eigenvalue weighted by atomic mass is 14.9. The molecule has 0 amide bonds. The van der Waals surface area contributed by atoms with E-state index in [0.29, 0.717) is 0 Å². The number of hydrogen-bond acceptors (Lipinski definition) is 2. The van der Waals surface area contributed by atoms with Gasteiger partial charge in [-0.05, 0) is 57.3 Å². The van der Waals surface area contributed by atoms with Crippen LogP contribution in [0.3, 0.4) is 0 Å². The molecule has 0 saturated carbocycles. The molecule has 2 N–H and O–H groups in total. The van der Waals surface area contributed by atoms with E-state index in [1.807, 2.05) is 0 Å². The molecule has 14 heavy (non-hydrogen) atoms. The van der Waals surface area contributed by atoms with Gasteiger partial charge in [-0.1, -0.05) is 20.3 Å². The van der Waals surface area contributed by atoms with Gasteiger partial charge in [0.05, 0.1) is 0 Å². The molecule has 0 bridgehead atoms. The fourth-order valence-corrected chi connectivity index (χ4v) is 2.10. The zero-order chi connectivity index (χ0) is 10.2. The Morgan fingerprint density at radius 2 is 1.50 bits per heavy atom. The fraction of sp³-hybridized carbons (Fsp3) is 1.00. The normalized spacial score (nSPS) is 23.6. The van der Waals surface area contributed by atoms with Crippen LogP contribution in [-0.4, -0.2) is 26.2 Å². The third kappa shape index (κ3) is 4.43. The lowest BCUT2D eigenvalue weighted by atomic mass is 9.85. The van der Waals surface area contributed by atoms with Crippen molar-refractivity contribution >= 4 is 0 Å². The molecular weight excluding hydrogens is 172 g/mol. The average molecular weight is 198 g/mol. The van der Waals surface area contributed by atoms with Gasteiger partial charge in [0.2, 0.25) is 0 Å². The molecule has 84 valence electrons. The molecule has 2 heteroatoms. The number of hydrogen-bond donors (Lipinski definition) is 2. The first-order chi connectivity index (χ1) is 6.86. The molecule has 0 radical (unpaired) electrons. The van der Waals surface area contributed by atoms with Crippen molar-refractivity contribution < 1.29 is 0 Å². The maximum Gasteiger partial charge on any atom is -0.000815 e. The number of rotatable bonds is 2. The van der Waals surface area contributed by atoms with Crippen molar-refractivity contribution in [2.75, 3.05) is 26.2 Å². The van der Waals surface area contributed by atoms with Crippen LogP contribution in [-0.2, 0) is 0 Å². The first-order valence-electron chi connectivity index (χ1n) is 6.28. The fourth-order valence-electron chi connectivity index (χ4n) is 2.10. The van der Waals surface area contributed by atoms with Gasteiger partial charge in [0.1, 0.15) is 0 Å². The van der Waals surface area contributed by atoms with Crippen LogP contribution in [0.15, 0.2) is 0 Å². The Balaban J connectivity index is 0.000000293. The molecule has 0 aromatic rings. The lowest BCUT2D eigenvalue weighted by Gasteiger charge is -2.32. The Labute approximate surface area is 88.8 Å². The molecular formula is C12H26N2. The van der Waals surface area contributed by atoms with E-state index in [9.17, 15) is 0 Å². The molecule has 0 aromatic carbocycles. The van der Waals surface area contributed by atoms with Crippen LogP contribution in [0.25, 0.3) is 0 Å². The highest BCUT2D eigenvalue weighted by Crippen LogP contribution is 2.22. The topological polar surface area (TPSA) is 24.1 Å². The largest absolute Gasteiger partial charge is 0.317 e. The standard InChI is InChI=1S/C9H18N2.C3H8/c1-3-10-4-2-8(1)5-9-6-11-7-9;1-3-2/h8-11H,1-7H2;3H2,1-2H3. The average Bonchev–Trinajstić information content (AvgIpc) is 2.15. The Morgan fingerprint density at radius 1 is 0.929 bits per heavy atom. The SMILES string of the molecule is C1CC(CC2CNC2)CCN1.CCC. The summed E-state index contributed by atoms with van der Waals surface area (Å²) in [7, 11) is 0. The molecule has 0 unspecified atom stereocenters. The predicted octanol–water partition coefficient (Wildman–Crippen LogP) is 2.01. The van der Waals surface area contributed by atoms with Crippen LogP contribution in [0.4, 0.5) is 0 Å². The second-order valence-corrected chi connectivity index (χ2v) is 4.66. The summed E-state index contributed by atoms with van der Waals surface area (Å²) in [5.41, 5.74) is 0. The van der Waals surface area contributed by atoms with Gasteiger partial charge in [0.15, 0.2) is 0 Å². The highest BCUT2D eigenvalue weighted by molar-refractivity contribution is 4.79. The van der Waals surface area contributed by atoms with Gasteiger partial charge in [0.25, 0.3) is 0 Å². The zero-order valence-electron chi connectivity index (χ0n) is 9.81. The summed E-state index contributed by atoms with van der Waals surface area (Å²) in [6, 6.07) is 0. The van der Waals surface area contributed by atoms with Crippen LogP contribution in [0.2, 0.25) is 0 Å². The van der Waals surface area contributed by atoms with Crippen molar-refractivity contribution in [3.05, 3.63) is 0 Å². The minimum absolute atomic E-state index is 1.01. The van der Waals surface area contributed by atoms with Crippen LogP contribution >= 0.6 is 0 Å². The molecule has 0 aliphatic carbocycles. The van der Waals surface area contributed by atoms with Gasteiger partial charge in [-0.2, -0.15) is 0 Å². The second kappa shape index (κ2) is 7.24. The van der Waals surface area contributed by atoms with E-state index < -0.39 is 0 Å². The molecule has 0 aromatic heterocycles. The van der Waals surface area contributed by atoms with E-state index in [0.717, 1.165) is 11.8 Å². The van der Waals surface area contributed by atoms with E-state index in [1.54, 1.807) is 0 Å². The van der Waals surface area contributed by atoms with Gasteiger partial charge in [-0.25, -0.2) is 0 Å². The third-order valence-corrected chi connectivity index (χ3v) is 2.99. The molecule has 2 saturated heterocycles. The van der Waals surface area contributed by atoms with Crippen LogP contribution in [0.1, 0.15) is 39.5 Å². The number of piperidine rings is 1. The van der Waals surface area contributed by atoms with E-state index in [2.05, 4.69) is 24.5 Å². The molecule has 0 atom stereocenters. The van der Waals surface area contributed by atoms with Crippen molar-refractivity contribution in [3.63, 3.8) is 0 Å². The summed E-state index contributed by atoms with van der Waals surface area (Å²) < 4.78 is 0. The van der Waals surface area contributed by atoms with Gasteiger partial charge in [-0.15, -0.1) is 0 Å². The molecule has 2 rings (SSSR count). The summed E-state index contributed by atoms with van der Waals surface area (Å²) in [4.78, 5) is 0. The van der Waals surface area contributed by atoms with E-state index in [1.165, 1.54) is 51.9 Å². The second-order valence-electron chi connectivity index (χ2n) is 4.66. The summed E-state index contributed by atoms with van der Waals surface area (Å²) in [6.45, 7) is 9.32. The Morgan fingerprint density at radius 3 is 1.93 bits per heavy atom. The minimum atomic E-state index is 1.01.